The van der Waals surface area contributed by atoms with E-state index in [9.17, 15) is 0 Å². The molecular formula is C14H26N2O. The zero-order valence-electron chi connectivity index (χ0n) is 11.5. The molecule has 1 heterocycles. The molecule has 98 valence electrons. The van der Waals surface area contributed by atoms with E-state index in [-0.39, 0.29) is 0 Å². The van der Waals surface area contributed by atoms with Gasteiger partial charge in [-0.15, -0.1) is 0 Å². The van der Waals surface area contributed by atoms with Crippen LogP contribution in [0.1, 0.15) is 63.8 Å². The lowest BCUT2D eigenvalue weighted by molar-refractivity contribution is 0.353. The van der Waals surface area contributed by atoms with E-state index in [1.165, 1.54) is 38.5 Å². The Morgan fingerprint density at radius 3 is 2.53 bits per heavy atom. The third-order valence-electron chi connectivity index (χ3n) is 3.32. The fourth-order valence-electron chi connectivity index (χ4n) is 2.09. The number of anilines is 1. The molecule has 1 aromatic heterocycles. The predicted molar refractivity (Wildman–Crippen MR) is 71.9 cm³/mol. The molecule has 0 aliphatic rings. The highest BCUT2D eigenvalue weighted by Crippen LogP contribution is 2.22. The first kappa shape index (κ1) is 14.1. The lowest BCUT2D eigenvalue weighted by Crippen LogP contribution is -2.01. The number of hydrogen-bond acceptors (Lipinski definition) is 3. The first-order valence-electron chi connectivity index (χ1n) is 6.85. The summed E-state index contributed by atoms with van der Waals surface area (Å²) in [5, 5.41) is 3.89. The molecular weight excluding hydrogens is 212 g/mol. The quantitative estimate of drug-likeness (QED) is 0.693. The third-order valence-corrected chi connectivity index (χ3v) is 3.32. The van der Waals surface area contributed by atoms with Crippen molar-refractivity contribution in [3.05, 3.63) is 11.5 Å². The van der Waals surface area contributed by atoms with Gasteiger partial charge < -0.3 is 10.3 Å². The molecule has 0 saturated carbocycles. The zero-order chi connectivity index (χ0) is 12.7. The van der Waals surface area contributed by atoms with Crippen LogP contribution in [0.25, 0.3) is 0 Å². The van der Waals surface area contributed by atoms with Crippen LogP contribution in [0.5, 0.6) is 0 Å². The van der Waals surface area contributed by atoms with Crippen LogP contribution in [0.15, 0.2) is 4.52 Å². The average Bonchev–Trinajstić information content (AvgIpc) is 2.61. The van der Waals surface area contributed by atoms with E-state index < -0.39 is 0 Å². The van der Waals surface area contributed by atoms with Crippen molar-refractivity contribution in [2.24, 2.45) is 5.92 Å². The SMILES string of the molecule is CCCCCCCC(C)Cc1onc(C)c1N. The summed E-state index contributed by atoms with van der Waals surface area (Å²) in [5.74, 6) is 1.50. The smallest absolute Gasteiger partial charge is 0.160 e. The molecule has 1 aromatic rings. The topological polar surface area (TPSA) is 52.0 Å². The first-order chi connectivity index (χ1) is 8.15. The number of nitrogens with zero attached hydrogens (tertiary/aromatic N) is 1. The summed E-state index contributed by atoms with van der Waals surface area (Å²) < 4.78 is 5.24. The van der Waals surface area contributed by atoms with Gasteiger partial charge in [-0.2, -0.15) is 0 Å². The molecule has 17 heavy (non-hydrogen) atoms. The van der Waals surface area contributed by atoms with Crippen molar-refractivity contribution >= 4 is 5.69 Å². The van der Waals surface area contributed by atoms with E-state index in [2.05, 4.69) is 19.0 Å². The van der Waals surface area contributed by atoms with Crippen LogP contribution in [0.2, 0.25) is 0 Å². The van der Waals surface area contributed by atoms with Gasteiger partial charge in [0.1, 0.15) is 5.69 Å². The Morgan fingerprint density at radius 2 is 1.94 bits per heavy atom. The fourth-order valence-corrected chi connectivity index (χ4v) is 2.09. The van der Waals surface area contributed by atoms with Crippen molar-refractivity contribution in [3.63, 3.8) is 0 Å². The Labute approximate surface area is 105 Å². The van der Waals surface area contributed by atoms with Crippen molar-refractivity contribution in [3.8, 4) is 0 Å². The van der Waals surface area contributed by atoms with Gasteiger partial charge in [-0.25, -0.2) is 0 Å². The van der Waals surface area contributed by atoms with Crippen LogP contribution in [0, 0.1) is 12.8 Å². The van der Waals surface area contributed by atoms with E-state index in [4.69, 9.17) is 10.3 Å². The second-order valence-electron chi connectivity index (χ2n) is 5.12. The molecule has 1 unspecified atom stereocenters. The molecule has 0 spiro atoms. The highest BCUT2D eigenvalue weighted by molar-refractivity contribution is 5.45. The van der Waals surface area contributed by atoms with Crippen molar-refractivity contribution in [1.29, 1.82) is 0 Å². The van der Waals surface area contributed by atoms with Gasteiger partial charge in [0.15, 0.2) is 5.76 Å². The standard InChI is InChI=1S/C14H26N2O/c1-4-5-6-7-8-9-11(2)10-13-14(15)12(3)16-17-13/h11H,4-10,15H2,1-3H3. The van der Waals surface area contributed by atoms with Crippen molar-refractivity contribution in [1.82, 2.24) is 5.16 Å². The van der Waals surface area contributed by atoms with E-state index in [0.717, 1.165) is 23.6 Å². The van der Waals surface area contributed by atoms with Gasteiger partial charge >= 0.3 is 0 Å². The number of aromatic nitrogens is 1. The van der Waals surface area contributed by atoms with Crippen LogP contribution in [0.3, 0.4) is 0 Å². The van der Waals surface area contributed by atoms with Gasteiger partial charge in [0.2, 0.25) is 0 Å². The van der Waals surface area contributed by atoms with Crippen LogP contribution in [-0.4, -0.2) is 5.16 Å². The molecule has 0 bridgehead atoms. The molecule has 0 radical (unpaired) electrons. The number of aryl methyl sites for hydroxylation is 1. The Bertz CT molecular complexity index is 320. The molecule has 2 N–H and O–H groups in total. The molecule has 0 fully saturated rings. The minimum absolute atomic E-state index is 0.631. The van der Waals surface area contributed by atoms with Gasteiger partial charge in [-0.05, 0) is 12.8 Å². The summed E-state index contributed by atoms with van der Waals surface area (Å²) in [4.78, 5) is 0. The molecule has 1 atom stereocenters. The maximum atomic E-state index is 5.89. The molecule has 0 aliphatic heterocycles. The number of unbranched alkanes of at least 4 members (excludes halogenated alkanes) is 4. The second-order valence-corrected chi connectivity index (χ2v) is 5.12. The van der Waals surface area contributed by atoms with Gasteiger partial charge in [0.25, 0.3) is 0 Å². The Morgan fingerprint density at radius 1 is 1.24 bits per heavy atom. The fraction of sp³-hybridized carbons (Fsp3) is 0.786. The molecule has 1 rings (SSSR count). The average molecular weight is 238 g/mol. The van der Waals surface area contributed by atoms with Crippen LogP contribution >= 0.6 is 0 Å². The normalized spacial score (nSPS) is 12.9. The molecule has 0 aliphatic carbocycles. The van der Waals surface area contributed by atoms with Gasteiger partial charge in [0.05, 0.1) is 5.69 Å². The Balaban J connectivity index is 2.21. The molecule has 3 heteroatoms. The highest BCUT2D eigenvalue weighted by Gasteiger charge is 2.12. The minimum atomic E-state index is 0.631. The lowest BCUT2D eigenvalue weighted by atomic mass is 9.97. The largest absolute Gasteiger partial charge is 0.394 e. The predicted octanol–water partition coefficient (Wildman–Crippen LogP) is 4.10. The highest BCUT2D eigenvalue weighted by atomic mass is 16.5. The van der Waals surface area contributed by atoms with Gasteiger partial charge in [0, 0.05) is 6.42 Å². The maximum Gasteiger partial charge on any atom is 0.160 e. The Kier molecular flexibility index (Phi) is 6.09. The second kappa shape index (κ2) is 7.36. The van der Waals surface area contributed by atoms with Crippen LogP contribution < -0.4 is 5.73 Å². The zero-order valence-corrected chi connectivity index (χ0v) is 11.5. The van der Waals surface area contributed by atoms with E-state index in [1.807, 2.05) is 6.92 Å². The van der Waals surface area contributed by atoms with Gasteiger partial charge in [-0.3, -0.25) is 0 Å². The first-order valence-corrected chi connectivity index (χ1v) is 6.85. The van der Waals surface area contributed by atoms with E-state index >= 15 is 0 Å². The Hall–Kier alpha value is -0.990. The molecule has 3 nitrogen and oxygen atoms in total. The number of hydrogen-bond donors (Lipinski definition) is 1. The van der Waals surface area contributed by atoms with Crippen LogP contribution in [0.4, 0.5) is 5.69 Å². The summed E-state index contributed by atoms with van der Waals surface area (Å²) in [7, 11) is 0. The monoisotopic (exact) mass is 238 g/mol. The summed E-state index contributed by atoms with van der Waals surface area (Å²) in [6.07, 6.45) is 8.87. The van der Waals surface area contributed by atoms with Gasteiger partial charge in [-0.1, -0.05) is 57.5 Å². The lowest BCUT2D eigenvalue weighted by Gasteiger charge is -2.09. The minimum Gasteiger partial charge on any atom is -0.394 e. The third kappa shape index (κ3) is 4.80. The number of nitrogens with two attached hydrogens (primary N) is 1. The molecule has 0 saturated heterocycles. The molecule has 0 aromatic carbocycles. The summed E-state index contributed by atoms with van der Waals surface area (Å²) in [6.45, 7) is 6.40. The van der Waals surface area contributed by atoms with E-state index in [1.54, 1.807) is 0 Å². The summed E-state index contributed by atoms with van der Waals surface area (Å²) >= 11 is 0. The van der Waals surface area contributed by atoms with Crippen molar-refractivity contribution in [2.75, 3.05) is 5.73 Å². The number of nitrogen functional groups attached to an aromatic ring is 1. The number of rotatable bonds is 8. The van der Waals surface area contributed by atoms with Crippen LogP contribution in [-0.2, 0) is 6.42 Å². The maximum absolute atomic E-state index is 5.89. The van der Waals surface area contributed by atoms with E-state index in [0.29, 0.717) is 5.92 Å². The van der Waals surface area contributed by atoms with Crippen molar-refractivity contribution < 1.29 is 4.52 Å². The van der Waals surface area contributed by atoms with Crippen molar-refractivity contribution in [2.45, 2.75) is 65.7 Å². The summed E-state index contributed by atoms with van der Waals surface area (Å²) in [5.41, 5.74) is 7.44. The molecule has 0 amide bonds. The summed E-state index contributed by atoms with van der Waals surface area (Å²) in [6, 6.07) is 0.